The third-order valence-electron chi connectivity index (χ3n) is 2.80. The second-order valence-electron chi connectivity index (χ2n) is 4.11. The monoisotopic (exact) mass is 262 g/mol. The highest BCUT2D eigenvalue weighted by atomic mass is 32.1. The predicted molar refractivity (Wildman–Crippen MR) is 74.1 cm³/mol. The highest BCUT2D eigenvalue weighted by Gasteiger charge is 2.19. The first-order chi connectivity index (χ1) is 8.50. The highest BCUT2D eigenvalue weighted by molar-refractivity contribution is 7.80. The van der Waals surface area contributed by atoms with Gasteiger partial charge in [-0.3, -0.25) is 4.79 Å². The average molecular weight is 262 g/mol. The molecule has 1 heterocycles. The van der Waals surface area contributed by atoms with E-state index in [0.717, 1.165) is 11.0 Å². The van der Waals surface area contributed by atoms with Crippen molar-refractivity contribution < 1.29 is 4.79 Å². The van der Waals surface area contributed by atoms with Crippen molar-refractivity contribution in [3.8, 4) is 0 Å². The summed E-state index contributed by atoms with van der Waals surface area (Å²) < 4.78 is 1.79. The van der Waals surface area contributed by atoms with E-state index in [1.165, 1.54) is 0 Å². The van der Waals surface area contributed by atoms with Crippen molar-refractivity contribution in [3.05, 3.63) is 30.1 Å². The van der Waals surface area contributed by atoms with E-state index in [9.17, 15) is 4.79 Å². The van der Waals surface area contributed by atoms with Crippen molar-refractivity contribution in [2.75, 3.05) is 0 Å². The summed E-state index contributed by atoms with van der Waals surface area (Å²) in [6.45, 7) is 1.74. The Balaban J connectivity index is 2.64. The molecule has 1 amide bonds. The number of rotatable bonds is 4. The lowest BCUT2D eigenvalue weighted by Gasteiger charge is -2.14. The fraction of sp³-hybridized carbons (Fsp3) is 0.250. The maximum Gasteiger partial charge on any atom is 0.240 e. The number of carbonyl (C=O) groups is 1. The summed E-state index contributed by atoms with van der Waals surface area (Å²) in [6.07, 6.45) is 0.349. The van der Waals surface area contributed by atoms with Gasteiger partial charge in [0.05, 0.1) is 22.4 Å². The van der Waals surface area contributed by atoms with Gasteiger partial charge in [-0.1, -0.05) is 24.4 Å². The fourth-order valence-corrected chi connectivity index (χ4v) is 2.06. The standard InChI is InChI=1S/C12H14N4OS/c1-7(12(14)17)16-9-5-3-2-4-8(9)15-11(16)6-10(13)18/h2-5,7H,6H2,1H3,(H2,13,18)(H2,14,17). The number of hydrogen-bond acceptors (Lipinski definition) is 3. The molecule has 0 fully saturated rings. The Kier molecular flexibility index (Phi) is 3.29. The van der Waals surface area contributed by atoms with Crippen LogP contribution in [0.2, 0.25) is 0 Å². The zero-order valence-electron chi connectivity index (χ0n) is 9.96. The van der Waals surface area contributed by atoms with Crippen molar-refractivity contribution in [1.82, 2.24) is 9.55 Å². The van der Waals surface area contributed by atoms with Gasteiger partial charge >= 0.3 is 0 Å². The molecular weight excluding hydrogens is 248 g/mol. The lowest BCUT2D eigenvalue weighted by Crippen LogP contribution is -2.26. The van der Waals surface area contributed by atoms with Gasteiger partial charge in [-0.05, 0) is 19.1 Å². The van der Waals surface area contributed by atoms with Crippen LogP contribution in [-0.4, -0.2) is 20.4 Å². The molecule has 18 heavy (non-hydrogen) atoms. The second-order valence-corrected chi connectivity index (χ2v) is 4.63. The molecule has 6 heteroatoms. The first-order valence-corrected chi connectivity index (χ1v) is 5.95. The van der Waals surface area contributed by atoms with E-state index in [4.69, 9.17) is 23.7 Å². The van der Waals surface area contributed by atoms with Crippen molar-refractivity contribution in [3.63, 3.8) is 0 Å². The van der Waals surface area contributed by atoms with Crippen molar-refractivity contribution in [2.24, 2.45) is 11.5 Å². The molecule has 4 N–H and O–H groups in total. The van der Waals surface area contributed by atoms with E-state index >= 15 is 0 Å². The van der Waals surface area contributed by atoms with Gasteiger partial charge in [-0.2, -0.15) is 0 Å². The van der Waals surface area contributed by atoms with Crippen LogP contribution in [0.3, 0.4) is 0 Å². The molecule has 1 aromatic carbocycles. The molecule has 94 valence electrons. The molecule has 0 aliphatic carbocycles. The van der Waals surface area contributed by atoms with Gasteiger partial charge in [-0.15, -0.1) is 0 Å². The summed E-state index contributed by atoms with van der Waals surface area (Å²) in [7, 11) is 0. The number of imidazole rings is 1. The third-order valence-corrected chi connectivity index (χ3v) is 2.94. The number of thiocarbonyl (C=S) groups is 1. The average Bonchev–Trinajstić information content (AvgIpc) is 2.64. The molecule has 2 aromatic rings. The highest BCUT2D eigenvalue weighted by Crippen LogP contribution is 2.21. The molecule has 0 bridgehead atoms. The van der Waals surface area contributed by atoms with Gasteiger partial charge in [0.1, 0.15) is 11.9 Å². The largest absolute Gasteiger partial charge is 0.393 e. The molecule has 1 atom stereocenters. The SMILES string of the molecule is CC(C(N)=O)n1c(CC(N)=S)nc2ccccc21. The minimum atomic E-state index is -0.484. The van der Waals surface area contributed by atoms with Crippen LogP contribution in [0.5, 0.6) is 0 Å². The van der Waals surface area contributed by atoms with E-state index < -0.39 is 11.9 Å². The van der Waals surface area contributed by atoms with Gasteiger partial charge in [0.2, 0.25) is 5.91 Å². The van der Waals surface area contributed by atoms with Crippen LogP contribution in [0.1, 0.15) is 18.8 Å². The Morgan fingerprint density at radius 1 is 1.44 bits per heavy atom. The van der Waals surface area contributed by atoms with Gasteiger partial charge in [-0.25, -0.2) is 4.98 Å². The number of amides is 1. The third kappa shape index (κ3) is 2.19. The number of hydrogen-bond donors (Lipinski definition) is 2. The van der Waals surface area contributed by atoms with Crippen LogP contribution in [-0.2, 0) is 11.2 Å². The van der Waals surface area contributed by atoms with Crippen LogP contribution in [0.25, 0.3) is 11.0 Å². The lowest BCUT2D eigenvalue weighted by atomic mass is 10.2. The molecule has 2 rings (SSSR count). The Hall–Kier alpha value is -1.95. The van der Waals surface area contributed by atoms with Gasteiger partial charge in [0.15, 0.2) is 0 Å². The Labute approximate surface area is 110 Å². The van der Waals surface area contributed by atoms with E-state index in [2.05, 4.69) is 4.98 Å². The second kappa shape index (κ2) is 4.73. The smallest absolute Gasteiger partial charge is 0.240 e. The Morgan fingerprint density at radius 3 is 2.72 bits per heavy atom. The van der Waals surface area contributed by atoms with E-state index in [1.807, 2.05) is 24.3 Å². The summed E-state index contributed by atoms with van der Waals surface area (Å²) >= 11 is 4.90. The minimum absolute atomic E-state index is 0.336. The van der Waals surface area contributed by atoms with Crippen LogP contribution in [0.15, 0.2) is 24.3 Å². The van der Waals surface area contributed by atoms with E-state index in [0.29, 0.717) is 17.2 Å². The summed E-state index contributed by atoms with van der Waals surface area (Å²) in [4.78, 5) is 16.2. The number of benzene rings is 1. The number of primary amides is 1. The van der Waals surface area contributed by atoms with Gasteiger partial charge in [0.25, 0.3) is 0 Å². The molecule has 1 aromatic heterocycles. The first kappa shape index (κ1) is 12.5. The molecule has 0 spiro atoms. The lowest BCUT2D eigenvalue weighted by molar-refractivity contribution is -0.120. The molecule has 5 nitrogen and oxygen atoms in total. The number of aromatic nitrogens is 2. The summed E-state index contributed by atoms with van der Waals surface area (Å²) in [5.74, 6) is 0.248. The molecule has 0 aliphatic heterocycles. The van der Waals surface area contributed by atoms with Gasteiger partial charge < -0.3 is 16.0 Å². The maximum absolute atomic E-state index is 11.4. The summed E-state index contributed by atoms with van der Waals surface area (Å²) in [5, 5.41) is 0. The van der Waals surface area contributed by atoms with Crippen molar-refractivity contribution >= 4 is 34.1 Å². The summed E-state index contributed by atoms with van der Waals surface area (Å²) in [5.41, 5.74) is 12.6. The van der Waals surface area contributed by atoms with Gasteiger partial charge in [0, 0.05) is 0 Å². The normalized spacial score (nSPS) is 12.5. The molecular formula is C12H14N4OS. The molecule has 1 unspecified atom stereocenters. The number of carbonyl (C=O) groups excluding carboxylic acids is 1. The number of fused-ring (bicyclic) bond motifs is 1. The van der Waals surface area contributed by atoms with E-state index in [1.54, 1.807) is 11.5 Å². The quantitative estimate of drug-likeness (QED) is 0.802. The zero-order valence-corrected chi connectivity index (χ0v) is 10.8. The topological polar surface area (TPSA) is 86.9 Å². The first-order valence-electron chi connectivity index (χ1n) is 5.54. The number of para-hydroxylation sites is 2. The number of nitrogens with zero attached hydrogens (tertiary/aromatic N) is 2. The Morgan fingerprint density at radius 2 is 2.11 bits per heavy atom. The Bertz CT molecular complexity index is 620. The van der Waals surface area contributed by atoms with Crippen LogP contribution < -0.4 is 11.5 Å². The van der Waals surface area contributed by atoms with Crippen molar-refractivity contribution in [1.29, 1.82) is 0 Å². The van der Waals surface area contributed by atoms with E-state index in [-0.39, 0.29) is 0 Å². The minimum Gasteiger partial charge on any atom is -0.393 e. The molecule has 0 saturated carbocycles. The fourth-order valence-electron chi connectivity index (χ4n) is 1.93. The van der Waals surface area contributed by atoms with Crippen LogP contribution >= 0.6 is 12.2 Å². The zero-order chi connectivity index (χ0) is 13.3. The van der Waals surface area contributed by atoms with Crippen molar-refractivity contribution in [2.45, 2.75) is 19.4 Å². The molecule has 0 saturated heterocycles. The molecule has 0 radical (unpaired) electrons. The summed E-state index contributed by atoms with van der Waals surface area (Å²) in [6, 6.07) is 7.06. The predicted octanol–water partition coefficient (Wildman–Crippen LogP) is 0.911. The maximum atomic E-state index is 11.4. The van der Waals surface area contributed by atoms with Crippen LogP contribution in [0, 0.1) is 0 Å². The molecule has 0 aliphatic rings. The van der Waals surface area contributed by atoms with Crippen LogP contribution in [0.4, 0.5) is 0 Å². The number of nitrogens with two attached hydrogens (primary N) is 2.